The number of aliphatic hydroxyl groups is 1. The van der Waals surface area contributed by atoms with Crippen molar-refractivity contribution in [1.29, 1.82) is 0 Å². The number of benzene rings is 3. The van der Waals surface area contributed by atoms with Crippen molar-refractivity contribution >= 4 is 0 Å². The molecule has 2 N–H and O–H groups in total. The molecule has 4 nitrogen and oxygen atoms in total. The first-order chi connectivity index (χ1) is 14.7. The molecule has 0 bridgehead atoms. The van der Waals surface area contributed by atoms with Gasteiger partial charge in [-0.15, -0.1) is 0 Å². The topological polar surface area (TPSA) is 50.7 Å². The maximum Gasteiger partial charge on any atom is 0.119 e. The molecule has 30 heavy (non-hydrogen) atoms. The SMILES string of the molecule is COc1cccc(CCCNC(C)C(O)c2ccc(OCc3ccccc3)cc2)c1. The zero-order valence-electron chi connectivity index (χ0n) is 17.8. The number of aliphatic hydroxyl groups excluding tert-OH is 1. The van der Waals surface area contributed by atoms with Gasteiger partial charge in [-0.3, -0.25) is 0 Å². The first-order valence-corrected chi connectivity index (χ1v) is 10.5. The Bertz CT molecular complexity index is 880. The lowest BCUT2D eigenvalue weighted by atomic mass is 10.0. The average Bonchev–Trinajstić information content (AvgIpc) is 2.81. The van der Waals surface area contributed by atoms with Crippen LogP contribution in [0.1, 0.15) is 36.1 Å². The fraction of sp³-hybridized carbons (Fsp3) is 0.308. The van der Waals surface area contributed by atoms with Gasteiger partial charge in [0, 0.05) is 6.04 Å². The van der Waals surface area contributed by atoms with Gasteiger partial charge in [0.05, 0.1) is 13.2 Å². The number of aryl methyl sites for hydroxylation is 1. The summed E-state index contributed by atoms with van der Waals surface area (Å²) in [6, 6.07) is 25.9. The first-order valence-electron chi connectivity index (χ1n) is 10.5. The summed E-state index contributed by atoms with van der Waals surface area (Å²) < 4.78 is 11.1. The summed E-state index contributed by atoms with van der Waals surface area (Å²) in [7, 11) is 1.69. The third-order valence-electron chi connectivity index (χ3n) is 5.19. The maximum absolute atomic E-state index is 10.7. The Morgan fingerprint density at radius 2 is 1.60 bits per heavy atom. The Morgan fingerprint density at radius 3 is 2.33 bits per heavy atom. The number of methoxy groups -OCH3 is 1. The summed E-state index contributed by atoms with van der Waals surface area (Å²) in [5.41, 5.74) is 3.28. The predicted molar refractivity (Wildman–Crippen MR) is 121 cm³/mol. The monoisotopic (exact) mass is 405 g/mol. The van der Waals surface area contributed by atoms with Crippen molar-refractivity contribution in [3.05, 3.63) is 95.6 Å². The molecule has 0 aliphatic rings. The number of rotatable bonds is 11. The van der Waals surface area contributed by atoms with Gasteiger partial charge in [0.25, 0.3) is 0 Å². The van der Waals surface area contributed by atoms with E-state index in [0.717, 1.165) is 42.0 Å². The molecule has 2 atom stereocenters. The van der Waals surface area contributed by atoms with E-state index in [0.29, 0.717) is 6.61 Å². The van der Waals surface area contributed by atoms with Crippen molar-refractivity contribution < 1.29 is 14.6 Å². The van der Waals surface area contributed by atoms with Gasteiger partial charge in [0.2, 0.25) is 0 Å². The number of nitrogens with one attached hydrogen (secondary N) is 1. The second-order valence-corrected chi connectivity index (χ2v) is 7.49. The second kappa shape index (κ2) is 11.4. The van der Waals surface area contributed by atoms with Crippen LogP contribution in [0.3, 0.4) is 0 Å². The Balaban J connectivity index is 1.41. The molecule has 0 heterocycles. The van der Waals surface area contributed by atoms with E-state index in [-0.39, 0.29) is 6.04 Å². The van der Waals surface area contributed by atoms with E-state index in [1.54, 1.807) is 7.11 Å². The molecule has 158 valence electrons. The maximum atomic E-state index is 10.7. The summed E-state index contributed by atoms with van der Waals surface area (Å²) in [6.45, 7) is 3.39. The lowest BCUT2D eigenvalue weighted by Crippen LogP contribution is -2.33. The Kier molecular flexibility index (Phi) is 8.30. The third-order valence-corrected chi connectivity index (χ3v) is 5.19. The van der Waals surface area contributed by atoms with Gasteiger partial charge in [-0.2, -0.15) is 0 Å². The van der Waals surface area contributed by atoms with Crippen LogP contribution >= 0.6 is 0 Å². The molecule has 3 aromatic rings. The third kappa shape index (κ3) is 6.61. The highest BCUT2D eigenvalue weighted by Crippen LogP contribution is 2.21. The molecule has 0 spiro atoms. The fourth-order valence-corrected chi connectivity index (χ4v) is 3.35. The Labute approximate surface area is 179 Å². The Morgan fingerprint density at radius 1 is 0.867 bits per heavy atom. The predicted octanol–water partition coefficient (Wildman–Crippen LogP) is 4.92. The highest BCUT2D eigenvalue weighted by Gasteiger charge is 2.15. The quantitative estimate of drug-likeness (QED) is 0.445. The number of ether oxygens (including phenoxy) is 2. The first kappa shape index (κ1) is 21.9. The van der Waals surface area contributed by atoms with E-state index in [9.17, 15) is 5.11 Å². The van der Waals surface area contributed by atoms with Gasteiger partial charge in [-0.05, 0) is 67.3 Å². The van der Waals surface area contributed by atoms with Gasteiger partial charge in [-0.25, -0.2) is 0 Å². The van der Waals surface area contributed by atoms with Crippen molar-refractivity contribution in [1.82, 2.24) is 5.32 Å². The van der Waals surface area contributed by atoms with Crippen molar-refractivity contribution in [3.8, 4) is 11.5 Å². The van der Waals surface area contributed by atoms with Crippen molar-refractivity contribution in [2.24, 2.45) is 0 Å². The van der Waals surface area contributed by atoms with E-state index in [4.69, 9.17) is 9.47 Å². The summed E-state index contributed by atoms with van der Waals surface area (Å²) in [6.07, 6.45) is 1.40. The van der Waals surface area contributed by atoms with Gasteiger partial charge < -0.3 is 19.9 Å². The average molecular weight is 406 g/mol. The van der Waals surface area contributed by atoms with Crippen molar-refractivity contribution in [2.75, 3.05) is 13.7 Å². The molecule has 4 heteroatoms. The molecular weight excluding hydrogens is 374 g/mol. The molecule has 0 saturated carbocycles. The van der Waals surface area contributed by atoms with E-state index in [1.165, 1.54) is 5.56 Å². The molecule has 0 aliphatic carbocycles. The molecule has 0 amide bonds. The van der Waals surface area contributed by atoms with Crippen LogP contribution in [-0.2, 0) is 13.0 Å². The van der Waals surface area contributed by atoms with E-state index < -0.39 is 6.10 Å². The minimum absolute atomic E-state index is 0.0357. The number of hydrogen-bond donors (Lipinski definition) is 2. The van der Waals surface area contributed by atoms with Crippen LogP contribution in [0.15, 0.2) is 78.9 Å². The largest absolute Gasteiger partial charge is 0.497 e. The van der Waals surface area contributed by atoms with Gasteiger partial charge in [-0.1, -0.05) is 54.6 Å². The smallest absolute Gasteiger partial charge is 0.119 e. The van der Waals surface area contributed by atoms with Gasteiger partial charge in [0.1, 0.15) is 18.1 Å². The van der Waals surface area contributed by atoms with E-state index in [1.807, 2.05) is 73.7 Å². The minimum atomic E-state index is -0.565. The zero-order chi connectivity index (χ0) is 21.2. The normalized spacial score (nSPS) is 12.9. The van der Waals surface area contributed by atoms with Gasteiger partial charge >= 0.3 is 0 Å². The summed E-state index contributed by atoms with van der Waals surface area (Å²) in [5.74, 6) is 1.69. The molecule has 0 aliphatic heterocycles. The van der Waals surface area contributed by atoms with Crippen LogP contribution in [0.25, 0.3) is 0 Å². The molecular formula is C26H31NO3. The molecule has 3 rings (SSSR count). The number of hydrogen-bond acceptors (Lipinski definition) is 4. The standard InChI is InChI=1S/C26H31NO3/c1-20(27-17-7-11-21-10-6-12-25(18-21)29-2)26(28)23-13-15-24(16-14-23)30-19-22-8-4-3-5-9-22/h3-6,8-10,12-16,18,20,26-28H,7,11,17,19H2,1-2H3. The molecule has 0 aromatic heterocycles. The van der Waals surface area contributed by atoms with Crippen LogP contribution in [0.5, 0.6) is 11.5 Å². The molecule has 0 radical (unpaired) electrons. The molecule has 2 unspecified atom stereocenters. The zero-order valence-corrected chi connectivity index (χ0v) is 17.8. The summed E-state index contributed by atoms with van der Waals surface area (Å²) in [4.78, 5) is 0. The molecule has 0 saturated heterocycles. The highest BCUT2D eigenvalue weighted by molar-refractivity contribution is 5.30. The van der Waals surface area contributed by atoms with E-state index in [2.05, 4.69) is 17.4 Å². The lowest BCUT2D eigenvalue weighted by molar-refractivity contribution is 0.136. The Hall–Kier alpha value is -2.82. The fourth-order valence-electron chi connectivity index (χ4n) is 3.35. The van der Waals surface area contributed by atoms with Crippen molar-refractivity contribution in [3.63, 3.8) is 0 Å². The van der Waals surface area contributed by atoms with Crippen LogP contribution in [-0.4, -0.2) is 24.8 Å². The van der Waals surface area contributed by atoms with Crippen LogP contribution < -0.4 is 14.8 Å². The highest BCUT2D eigenvalue weighted by atomic mass is 16.5. The minimum Gasteiger partial charge on any atom is -0.497 e. The van der Waals surface area contributed by atoms with Crippen LogP contribution in [0.2, 0.25) is 0 Å². The lowest BCUT2D eigenvalue weighted by Gasteiger charge is -2.21. The van der Waals surface area contributed by atoms with E-state index >= 15 is 0 Å². The van der Waals surface area contributed by atoms with Gasteiger partial charge in [0.15, 0.2) is 0 Å². The molecule has 3 aromatic carbocycles. The second-order valence-electron chi connectivity index (χ2n) is 7.49. The van der Waals surface area contributed by atoms with Crippen LogP contribution in [0.4, 0.5) is 0 Å². The van der Waals surface area contributed by atoms with Crippen LogP contribution in [0, 0.1) is 0 Å². The summed E-state index contributed by atoms with van der Waals surface area (Å²) in [5, 5.41) is 14.1. The summed E-state index contributed by atoms with van der Waals surface area (Å²) >= 11 is 0. The van der Waals surface area contributed by atoms with Crippen molar-refractivity contribution in [2.45, 2.75) is 38.5 Å². The molecule has 0 fully saturated rings.